The number of hydrogen-bond acceptors (Lipinski definition) is 3. The van der Waals surface area contributed by atoms with E-state index in [1.807, 2.05) is 0 Å². The molecule has 2 amide bonds. The van der Waals surface area contributed by atoms with E-state index < -0.39 is 17.5 Å². The summed E-state index contributed by atoms with van der Waals surface area (Å²) in [4.78, 5) is 26.5. The first-order valence-corrected chi connectivity index (χ1v) is 9.68. The first-order valence-electron chi connectivity index (χ1n) is 9.68. The fourth-order valence-electron chi connectivity index (χ4n) is 3.61. The van der Waals surface area contributed by atoms with Crippen LogP contribution in [0, 0.1) is 11.6 Å². The Morgan fingerprint density at radius 1 is 1.00 bits per heavy atom. The molecule has 3 aromatic rings. The molecule has 4 rings (SSSR count). The molecule has 0 spiro atoms. The van der Waals surface area contributed by atoms with Crippen molar-refractivity contribution < 1.29 is 18.4 Å². The molecule has 1 aromatic heterocycles. The van der Waals surface area contributed by atoms with E-state index in [9.17, 15) is 18.4 Å². The molecule has 2 aromatic carbocycles. The molecule has 2 heterocycles. The molecule has 0 aliphatic carbocycles. The number of nitrogens with zero attached hydrogens (tertiary/aromatic N) is 2. The van der Waals surface area contributed by atoms with E-state index >= 15 is 0 Å². The predicted molar refractivity (Wildman–Crippen MR) is 107 cm³/mol. The van der Waals surface area contributed by atoms with E-state index in [1.165, 1.54) is 24.3 Å². The number of benzene rings is 2. The topological polar surface area (TPSA) is 78.1 Å². The number of piperidine rings is 1. The molecule has 1 aliphatic heterocycles. The number of likely N-dealkylation sites (tertiary alicyclic amines) is 1. The van der Waals surface area contributed by atoms with Crippen LogP contribution in [0.15, 0.2) is 54.6 Å². The standard InChI is InChI=1S/C22H20F2N4O2/c23-16-6-2-1-5-15(16)22(30)28-11-9-14(10-12-28)19-13-20(27-26-19)21(29)25-18-8-4-3-7-17(18)24/h1-8,13-14H,9-12H2,(H,25,29)(H,26,27). The number of H-pyrrole nitrogens is 1. The predicted octanol–water partition coefficient (Wildman–Crippen LogP) is 3.96. The summed E-state index contributed by atoms with van der Waals surface area (Å²) in [6, 6.07) is 13.5. The number of halogens is 2. The second kappa shape index (κ2) is 8.44. The maximum absolute atomic E-state index is 13.9. The highest BCUT2D eigenvalue weighted by Crippen LogP contribution is 2.28. The Morgan fingerprint density at radius 2 is 1.67 bits per heavy atom. The Labute approximate surface area is 171 Å². The van der Waals surface area contributed by atoms with Crippen LogP contribution in [0.3, 0.4) is 0 Å². The van der Waals surface area contributed by atoms with Crippen molar-refractivity contribution in [1.82, 2.24) is 15.1 Å². The zero-order valence-electron chi connectivity index (χ0n) is 16.1. The van der Waals surface area contributed by atoms with E-state index in [0.717, 1.165) is 5.69 Å². The third-order valence-corrected chi connectivity index (χ3v) is 5.28. The van der Waals surface area contributed by atoms with Crippen molar-refractivity contribution in [3.63, 3.8) is 0 Å². The minimum Gasteiger partial charge on any atom is -0.339 e. The number of rotatable bonds is 4. The van der Waals surface area contributed by atoms with Gasteiger partial charge in [0.25, 0.3) is 11.8 Å². The van der Waals surface area contributed by atoms with Crippen molar-refractivity contribution in [2.75, 3.05) is 18.4 Å². The number of nitrogens with one attached hydrogen (secondary N) is 2. The van der Waals surface area contributed by atoms with Gasteiger partial charge in [0.1, 0.15) is 11.6 Å². The van der Waals surface area contributed by atoms with Crippen molar-refractivity contribution in [1.29, 1.82) is 0 Å². The first kappa shape index (κ1) is 19.8. The van der Waals surface area contributed by atoms with Gasteiger partial charge in [0.15, 0.2) is 5.69 Å². The summed E-state index contributed by atoms with van der Waals surface area (Å²) in [5, 5.41) is 9.42. The van der Waals surface area contributed by atoms with Gasteiger partial charge >= 0.3 is 0 Å². The highest BCUT2D eigenvalue weighted by atomic mass is 19.1. The van der Waals surface area contributed by atoms with E-state index in [1.54, 1.807) is 35.2 Å². The maximum Gasteiger partial charge on any atom is 0.276 e. The summed E-state index contributed by atoms with van der Waals surface area (Å²) >= 11 is 0. The van der Waals surface area contributed by atoms with Gasteiger partial charge in [-0.05, 0) is 43.2 Å². The van der Waals surface area contributed by atoms with Crippen LogP contribution in [0.1, 0.15) is 45.3 Å². The number of carbonyl (C=O) groups is 2. The number of hydrogen-bond donors (Lipinski definition) is 2. The van der Waals surface area contributed by atoms with Gasteiger partial charge in [-0.2, -0.15) is 5.10 Å². The Kier molecular flexibility index (Phi) is 5.56. The number of carbonyl (C=O) groups excluding carboxylic acids is 2. The Morgan fingerprint density at radius 3 is 2.37 bits per heavy atom. The van der Waals surface area contributed by atoms with Gasteiger partial charge in [-0.3, -0.25) is 14.7 Å². The molecular formula is C22H20F2N4O2. The lowest BCUT2D eigenvalue weighted by atomic mass is 9.93. The number of para-hydroxylation sites is 1. The smallest absolute Gasteiger partial charge is 0.276 e. The van der Waals surface area contributed by atoms with E-state index in [0.29, 0.717) is 25.9 Å². The monoisotopic (exact) mass is 410 g/mol. The van der Waals surface area contributed by atoms with Crippen LogP contribution < -0.4 is 5.32 Å². The van der Waals surface area contributed by atoms with Crippen LogP contribution in [-0.4, -0.2) is 40.0 Å². The number of amides is 2. The fourth-order valence-corrected chi connectivity index (χ4v) is 3.61. The quantitative estimate of drug-likeness (QED) is 0.683. The van der Waals surface area contributed by atoms with Gasteiger partial charge in [0.2, 0.25) is 0 Å². The van der Waals surface area contributed by atoms with E-state index in [4.69, 9.17) is 0 Å². The van der Waals surface area contributed by atoms with E-state index in [-0.39, 0.29) is 28.8 Å². The summed E-state index contributed by atoms with van der Waals surface area (Å²) in [6.45, 7) is 0.960. The zero-order valence-corrected chi connectivity index (χ0v) is 16.1. The minimum atomic E-state index is -0.524. The summed E-state index contributed by atoms with van der Waals surface area (Å²) in [5.41, 5.74) is 1.11. The lowest BCUT2D eigenvalue weighted by Gasteiger charge is -2.31. The molecule has 0 unspecified atom stereocenters. The number of anilines is 1. The Bertz CT molecular complexity index is 1070. The molecule has 0 atom stereocenters. The zero-order chi connectivity index (χ0) is 21.1. The minimum absolute atomic E-state index is 0.0737. The highest BCUT2D eigenvalue weighted by molar-refractivity contribution is 6.03. The molecule has 0 radical (unpaired) electrons. The third-order valence-electron chi connectivity index (χ3n) is 5.28. The summed E-state index contributed by atoms with van der Waals surface area (Å²) in [7, 11) is 0. The van der Waals surface area contributed by atoms with Crippen molar-refractivity contribution >= 4 is 17.5 Å². The SMILES string of the molecule is O=C(Nc1ccccc1F)c1cc(C2CCN(C(=O)c3ccccc3F)CC2)[nH]n1. The van der Waals surface area contributed by atoms with Gasteiger partial charge in [-0.25, -0.2) is 8.78 Å². The molecule has 1 saturated heterocycles. The number of aromatic amines is 1. The molecule has 6 nitrogen and oxygen atoms in total. The maximum atomic E-state index is 13.9. The molecule has 1 aliphatic rings. The van der Waals surface area contributed by atoms with Crippen molar-refractivity contribution in [3.8, 4) is 0 Å². The second-order valence-corrected chi connectivity index (χ2v) is 7.19. The van der Waals surface area contributed by atoms with Gasteiger partial charge < -0.3 is 10.2 Å². The van der Waals surface area contributed by atoms with Crippen LogP contribution >= 0.6 is 0 Å². The highest BCUT2D eigenvalue weighted by Gasteiger charge is 2.27. The normalized spacial score (nSPS) is 14.5. The van der Waals surface area contributed by atoms with Crippen LogP contribution in [0.4, 0.5) is 14.5 Å². The molecular weight excluding hydrogens is 390 g/mol. The molecule has 2 N–H and O–H groups in total. The first-order chi connectivity index (χ1) is 14.5. The van der Waals surface area contributed by atoms with Crippen molar-refractivity contribution in [2.24, 2.45) is 0 Å². The lowest BCUT2D eigenvalue weighted by Crippen LogP contribution is -2.38. The lowest BCUT2D eigenvalue weighted by molar-refractivity contribution is 0.0707. The summed E-state index contributed by atoms with van der Waals surface area (Å²) in [6.07, 6.45) is 1.33. The summed E-state index contributed by atoms with van der Waals surface area (Å²) < 4.78 is 27.6. The van der Waals surface area contributed by atoms with Gasteiger partial charge in [0.05, 0.1) is 11.3 Å². The Balaban J connectivity index is 1.37. The second-order valence-electron chi connectivity index (χ2n) is 7.19. The molecule has 154 valence electrons. The van der Waals surface area contributed by atoms with Gasteiger partial charge in [-0.1, -0.05) is 24.3 Å². The van der Waals surface area contributed by atoms with Crippen LogP contribution in [0.5, 0.6) is 0 Å². The van der Waals surface area contributed by atoms with E-state index in [2.05, 4.69) is 15.5 Å². The van der Waals surface area contributed by atoms with Gasteiger partial charge in [0, 0.05) is 24.7 Å². The Hall–Kier alpha value is -3.55. The molecule has 30 heavy (non-hydrogen) atoms. The average Bonchev–Trinajstić information content (AvgIpc) is 3.26. The largest absolute Gasteiger partial charge is 0.339 e. The van der Waals surface area contributed by atoms with Crippen LogP contribution in [-0.2, 0) is 0 Å². The third kappa shape index (κ3) is 4.07. The van der Waals surface area contributed by atoms with Gasteiger partial charge in [-0.15, -0.1) is 0 Å². The molecule has 0 bridgehead atoms. The van der Waals surface area contributed by atoms with Crippen LogP contribution in [0.2, 0.25) is 0 Å². The average molecular weight is 410 g/mol. The van der Waals surface area contributed by atoms with Crippen molar-refractivity contribution in [3.05, 3.63) is 83.2 Å². The molecule has 0 saturated carbocycles. The fraction of sp³-hybridized carbons (Fsp3) is 0.227. The number of aromatic nitrogens is 2. The molecule has 1 fully saturated rings. The van der Waals surface area contributed by atoms with Crippen LogP contribution in [0.25, 0.3) is 0 Å². The summed E-state index contributed by atoms with van der Waals surface area (Å²) in [5.74, 6) is -1.77. The van der Waals surface area contributed by atoms with Crippen molar-refractivity contribution in [2.45, 2.75) is 18.8 Å². The molecule has 8 heteroatoms.